The van der Waals surface area contributed by atoms with E-state index in [9.17, 15) is 4.79 Å². The molecule has 0 saturated heterocycles. The van der Waals surface area contributed by atoms with Crippen LogP contribution in [-0.4, -0.2) is 10.6 Å². The Hall–Kier alpha value is -1.85. The average molecular weight is 485 g/mol. The molecule has 0 N–H and O–H groups in total. The monoisotopic (exact) mass is 484 g/mol. The molecule has 0 aliphatic heterocycles. The molecule has 0 bridgehead atoms. The van der Waals surface area contributed by atoms with Crippen LogP contribution in [0.1, 0.15) is 52.8 Å². The zero-order valence-electron chi connectivity index (χ0n) is 18.5. The quantitative estimate of drug-likeness (QED) is 0.315. The standard InChI is InChI=1S/C25H29BrN2OS/c1-24(2,3)19-14-16(15-20(23(19)29)25(4,5)6)22(21-8-7-13-30-21)28-27-18-11-9-17(26)10-12-18/h7-9,11-15,17H,10H2,1-6H3. The number of alkyl halides is 1. The molecule has 3 rings (SSSR count). The average Bonchev–Trinajstić information content (AvgIpc) is 3.17. The first-order valence-corrected chi connectivity index (χ1v) is 12.0. The number of hydrogen-bond donors (Lipinski definition) is 0. The third-order valence-corrected chi connectivity index (χ3v) is 6.58. The van der Waals surface area contributed by atoms with Gasteiger partial charge < -0.3 is 0 Å². The smallest absolute Gasteiger partial charge is 0.186 e. The van der Waals surface area contributed by atoms with Crippen LogP contribution in [0.25, 0.3) is 5.70 Å². The van der Waals surface area contributed by atoms with E-state index in [1.54, 1.807) is 11.3 Å². The number of thiophene rings is 1. The highest BCUT2D eigenvalue weighted by Gasteiger charge is 2.34. The molecule has 1 aromatic rings. The van der Waals surface area contributed by atoms with Crippen LogP contribution in [0, 0.1) is 10.8 Å². The summed E-state index contributed by atoms with van der Waals surface area (Å²) in [6.45, 7) is 12.5. The van der Waals surface area contributed by atoms with Crippen LogP contribution in [0.5, 0.6) is 0 Å². The molecule has 2 aliphatic rings. The zero-order valence-corrected chi connectivity index (χ0v) is 20.9. The van der Waals surface area contributed by atoms with Gasteiger partial charge in [-0.3, -0.25) is 4.79 Å². The van der Waals surface area contributed by atoms with E-state index < -0.39 is 0 Å². The van der Waals surface area contributed by atoms with E-state index in [0.29, 0.717) is 4.83 Å². The molecular weight excluding hydrogens is 456 g/mol. The van der Waals surface area contributed by atoms with Crippen LogP contribution in [0.3, 0.4) is 0 Å². The maximum atomic E-state index is 13.3. The summed E-state index contributed by atoms with van der Waals surface area (Å²) < 4.78 is 0. The van der Waals surface area contributed by atoms with E-state index >= 15 is 0 Å². The molecule has 1 heterocycles. The van der Waals surface area contributed by atoms with Crippen molar-refractivity contribution >= 4 is 38.7 Å². The van der Waals surface area contributed by atoms with Crippen molar-refractivity contribution in [2.75, 3.05) is 0 Å². The number of azo groups is 1. The Kier molecular flexibility index (Phi) is 6.63. The van der Waals surface area contributed by atoms with Crippen LogP contribution in [-0.2, 0) is 4.79 Å². The van der Waals surface area contributed by atoms with Crippen molar-refractivity contribution in [3.8, 4) is 0 Å². The van der Waals surface area contributed by atoms with E-state index in [2.05, 4.69) is 85.9 Å². The minimum Gasteiger partial charge on any atom is -0.289 e. The van der Waals surface area contributed by atoms with Crippen LogP contribution >= 0.6 is 27.3 Å². The Labute approximate surface area is 192 Å². The van der Waals surface area contributed by atoms with Gasteiger partial charge >= 0.3 is 0 Å². The fourth-order valence-corrected chi connectivity index (χ4v) is 4.38. The number of carbonyl (C=O) groups excluding carboxylic acids is 1. The predicted molar refractivity (Wildman–Crippen MR) is 131 cm³/mol. The van der Waals surface area contributed by atoms with E-state index in [1.807, 2.05) is 29.7 Å². The normalized spacial score (nSPS) is 20.4. The van der Waals surface area contributed by atoms with Gasteiger partial charge in [0.05, 0.1) is 10.6 Å². The number of halogens is 1. The molecule has 1 unspecified atom stereocenters. The van der Waals surface area contributed by atoms with Crippen molar-refractivity contribution in [3.63, 3.8) is 0 Å². The lowest BCUT2D eigenvalue weighted by Gasteiger charge is -2.31. The molecule has 1 aromatic heterocycles. The Bertz CT molecular complexity index is 971. The first-order valence-electron chi connectivity index (χ1n) is 10.2. The molecule has 1 atom stereocenters. The molecule has 0 aromatic carbocycles. The van der Waals surface area contributed by atoms with Crippen LogP contribution in [0.2, 0.25) is 0 Å². The van der Waals surface area contributed by atoms with E-state index in [1.165, 1.54) is 0 Å². The summed E-state index contributed by atoms with van der Waals surface area (Å²) >= 11 is 5.22. The van der Waals surface area contributed by atoms with Crippen LogP contribution < -0.4 is 0 Å². The topological polar surface area (TPSA) is 41.8 Å². The van der Waals surface area contributed by atoms with Gasteiger partial charge in [-0.25, -0.2) is 0 Å². The van der Waals surface area contributed by atoms with Crippen molar-refractivity contribution in [1.29, 1.82) is 0 Å². The minimum atomic E-state index is -0.260. The minimum absolute atomic E-state index is 0.127. The Morgan fingerprint density at radius 1 is 1.10 bits per heavy atom. The van der Waals surface area contributed by atoms with Crippen molar-refractivity contribution in [2.45, 2.75) is 52.8 Å². The van der Waals surface area contributed by atoms with Gasteiger partial charge in [0.1, 0.15) is 5.70 Å². The van der Waals surface area contributed by atoms with Gasteiger partial charge in [-0.15, -0.1) is 16.5 Å². The maximum Gasteiger partial charge on any atom is 0.186 e. The number of rotatable bonds is 3. The summed E-state index contributed by atoms with van der Waals surface area (Å²) in [6, 6.07) is 4.07. The van der Waals surface area contributed by atoms with Gasteiger partial charge in [0.15, 0.2) is 5.78 Å². The molecule has 0 fully saturated rings. The summed E-state index contributed by atoms with van der Waals surface area (Å²) in [6.07, 6.45) is 11.1. The van der Waals surface area contributed by atoms with Crippen molar-refractivity contribution < 1.29 is 4.79 Å². The van der Waals surface area contributed by atoms with Gasteiger partial charge in [-0.2, -0.15) is 5.11 Å². The number of allylic oxidation sites excluding steroid dienone is 8. The van der Waals surface area contributed by atoms with Crippen molar-refractivity contribution in [2.24, 2.45) is 21.1 Å². The molecular formula is C25H29BrN2OS. The van der Waals surface area contributed by atoms with E-state index in [4.69, 9.17) is 0 Å². The third-order valence-electron chi connectivity index (χ3n) is 5.03. The molecule has 5 heteroatoms. The third kappa shape index (κ3) is 5.25. The molecule has 0 saturated carbocycles. The molecule has 0 spiro atoms. The summed E-state index contributed by atoms with van der Waals surface area (Å²) in [5, 5.41) is 11.2. The lowest BCUT2D eigenvalue weighted by Crippen LogP contribution is -2.28. The van der Waals surface area contributed by atoms with Gasteiger partial charge in [-0.05, 0) is 46.9 Å². The molecule has 3 nitrogen and oxygen atoms in total. The van der Waals surface area contributed by atoms with Gasteiger partial charge in [0, 0.05) is 21.5 Å². The Balaban J connectivity index is 2.18. The first-order chi connectivity index (χ1) is 14.0. The summed E-state index contributed by atoms with van der Waals surface area (Å²) in [4.78, 5) is 14.7. The molecule has 30 heavy (non-hydrogen) atoms. The van der Waals surface area contributed by atoms with E-state index in [0.717, 1.165) is 39.4 Å². The van der Waals surface area contributed by atoms with Gasteiger partial charge in [0.25, 0.3) is 0 Å². The number of nitrogens with zero attached hydrogens (tertiary/aromatic N) is 2. The molecule has 0 amide bonds. The second-order valence-electron chi connectivity index (χ2n) is 9.67. The van der Waals surface area contributed by atoms with Crippen molar-refractivity contribution in [1.82, 2.24) is 0 Å². The zero-order chi connectivity index (χ0) is 22.1. The Morgan fingerprint density at radius 3 is 2.20 bits per heavy atom. The number of ketones is 1. The van der Waals surface area contributed by atoms with Crippen LogP contribution in [0.15, 0.2) is 80.5 Å². The largest absolute Gasteiger partial charge is 0.289 e. The SMILES string of the molecule is CC(C)(C)C1=CC(=C(N=NC2=CCC(Br)C=C2)c2cccs2)C=C(C(C)(C)C)C1=O. The fourth-order valence-electron chi connectivity index (χ4n) is 3.31. The molecule has 158 valence electrons. The highest BCUT2D eigenvalue weighted by Crippen LogP contribution is 2.41. The van der Waals surface area contributed by atoms with Gasteiger partial charge in [-0.1, -0.05) is 75.7 Å². The van der Waals surface area contributed by atoms with Crippen molar-refractivity contribution in [3.05, 3.63) is 75.2 Å². The predicted octanol–water partition coefficient (Wildman–Crippen LogP) is 8.05. The number of hydrogen-bond acceptors (Lipinski definition) is 4. The first kappa shape index (κ1) is 22.8. The fraction of sp³-hybridized carbons (Fsp3) is 0.400. The summed E-state index contributed by atoms with van der Waals surface area (Å²) in [5.74, 6) is 0.127. The number of carbonyl (C=O) groups is 1. The van der Waals surface area contributed by atoms with E-state index in [-0.39, 0.29) is 16.6 Å². The molecule has 2 aliphatic carbocycles. The summed E-state index contributed by atoms with van der Waals surface area (Å²) in [5.41, 5.74) is 3.70. The van der Waals surface area contributed by atoms with Gasteiger partial charge in [0.2, 0.25) is 0 Å². The lowest BCUT2D eigenvalue weighted by atomic mass is 9.71. The maximum absolute atomic E-state index is 13.3. The Morgan fingerprint density at radius 2 is 1.73 bits per heavy atom. The molecule has 0 radical (unpaired) electrons. The second kappa shape index (κ2) is 8.72. The number of Topliss-reactive ketones (excluding diaryl/α,β-unsaturated/α-hetero) is 1. The highest BCUT2D eigenvalue weighted by molar-refractivity contribution is 9.09. The summed E-state index contributed by atoms with van der Waals surface area (Å²) in [7, 11) is 0. The second-order valence-corrected chi connectivity index (χ2v) is 11.8. The van der Waals surface area contributed by atoms with Crippen LogP contribution in [0.4, 0.5) is 0 Å². The lowest BCUT2D eigenvalue weighted by molar-refractivity contribution is -0.114. The highest BCUT2D eigenvalue weighted by atomic mass is 79.9.